The lowest BCUT2D eigenvalue weighted by molar-refractivity contribution is 1.47. The Kier molecular flexibility index (Phi) is 4.13. The topological polar surface area (TPSA) is 35.8 Å². The zero-order chi connectivity index (χ0) is 13.1. The maximum absolute atomic E-state index is 8.76. The molecule has 2 aromatic carbocycles. The summed E-state index contributed by atoms with van der Waals surface area (Å²) in [5.41, 5.74) is 2.13. The molecule has 0 saturated heterocycles. The van der Waals surface area contributed by atoms with Crippen LogP contribution in [0, 0.1) is 11.3 Å². The van der Waals surface area contributed by atoms with Crippen molar-refractivity contribution in [3.63, 3.8) is 0 Å². The van der Waals surface area contributed by atoms with E-state index in [1.165, 1.54) is 0 Å². The molecule has 2 aromatic rings. The first kappa shape index (κ1) is 13.2. The zero-order valence-corrected chi connectivity index (χ0v) is 12.1. The second-order valence-corrected chi connectivity index (χ2v) is 5.23. The van der Waals surface area contributed by atoms with Crippen LogP contribution in [0.15, 0.2) is 40.9 Å². The van der Waals surface area contributed by atoms with E-state index >= 15 is 0 Å². The average molecular weight is 342 g/mol. The highest BCUT2D eigenvalue weighted by Gasteiger charge is 2.04. The van der Waals surface area contributed by atoms with Crippen LogP contribution in [0.1, 0.15) is 5.56 Å². The van der Waals surface area contributed by atoms with Crippen molar-refractivity contribution in [3.05, 3.63) is 56.5 Å². The van der Waals surface area contributed by atoms with Gasteiger partial charge in [-0.1, -0.05) is 23.2 Å². The van der Waals surface area contributed by atoms with Gasteiger partial charge < -0.3 is 5.32 Å². The third-order valence-corrected chi connectivity index (χ3v) is 3.82. The molecule has 0 heterocycles. The smallest absolute Gasteiger partial charge is 0.0992 e. The minimum atomic E-state index is 0.500. The van der Waals surface area contributed by atoms with Crippen molar-refractivity contribution in [2.45, 2.75) is 0 Å². The summed E-state index contributed by atoms with van der Waals surface area (Å²) in [5.74, 6) is 0. The Hall–Kier alpha value is -1.21. The maximum atomic E-state index is 8.76. The largest absolute Gasteiger partial charge is 0.354 e. The van der Waals surface area contributed by atoms with Crippen molar-refractivity contribution in [2.24, 2.45) is 0 Å². The van der Waals surface area contributed by atoms with Crippen LogP contribution in [0.4, 0.5) is 11.4 Å². The van der Waals surface area contributed by atoms with Crippen LogP contribution in [-0.4, -0.2) is 0 Å². The van der Waals surface area contributed by atoms with E-state index in [1.807, 2.05) is 18.2 Å². The molecule has 0 fully saturated rings. The molecule has 90 valence electrons. The first-order chi connectivity index (χ1) is 8.60. The van der Waals surface area contributed by atoms with E-state index in [4.69, 9.17) is 28.5 Å². The Morgan fingerprint density at radius 3 is 2.44 bits per heavy atom. The molecule has 2 rings (SSSR count). The van der Waals surface area contributed by atoms with Gasteiger partial charge in [0.25, 0.3) is 0 Å². The number of nitrogens with zero attached hydrogens (tertiary/aromatic N) is 1. The fourth-order valence-corrected chi connectivity index (χ4v) is 2.14. The first-order valence-electron chi connectivity index (χ1n) is 5.02. The summed E-state index contributed by atoms with van der Waals surface area (Å²) in [7, 11) is 0. The van der Waals surface area contributed by atoms with E-state index in [0.29, 0.717) is 15.6 Å². The molecule has 18 heavy (non-hydrogen) atoms. The SMILES string of the molecule is N#Cc1ccc(Nc2ccc(Cl)c(Br)c2)c(Cl)c1. The molecule has 0 aromatic heterocycles. The average Bonchev–Trinajstić information content (AvgIpc) is 2.36. The summed E-state index contributed by atoms with van der Waals surface area (Å²) < 4.78 is 0.805. The maximum Gasteiger partial charge on any atom is 0.0992 e. The standard InChI is InChI=1S/C13H7BrCl2N2/c14-10-6-9(2-3-11(10)15)18-13-4-1-8(7-17)5-12(13)16/h1-6,18H. The molecule has 0 atom stereocenters. The number of benzene rings is 2. The van der Waals surface area contributed by atoms with Gasteiger partial charge in [-0.3, -0.25) is 0 Å². The predicted molar refractivity (Wildman–Crippen MR) is 78.6 cm³/mol. The quantitative estimate of drug-likeness (QED) is 0.796. The summed E-state index contributed by atoms with van der Waals surface area (Å²) >= 11 is 15.3. The van der Waals surface area contributed by atoms with E-state index in [-0.39, 0.29) is 0 Å². The number of anilines is 2. The number of halogens is 3. The normalized spacial score (nSPS) is 9.89. The van der Waals surface area contributed by atoms with E-state index < -0.39 is 0 Å². The first-order valence-corrected chi connectivity index (χ1v) is 6.57. The van der Waals surface area contributed by atoms with Gasteiger partial charge in [-0.2, -0.15) is 5.26 Å². The van der Waals surface area contributed by atoms with Crippen LogP contribution >= 0.6 is 39.1 Å². The number of hydrogen-bond donors (Lipinski definition) is 1. The molecule has 2 nitrogen and oxygen atoms in total. The molecule has 5 heteroatoms. The van der Waals surface area contributed by atoms with Gasteiger partial charge in [-0.05, 0) is 52.3 Å². The van der Waals surface area contributed by atoms with Gasteiger partial charge in [0.1, 0.15) is 0 Å². The minimum absolute atomic E-state index is 0.500. The predicted octanol–water partition coefficient (Wildman–Crippen LogP) is 5.37. The van der Waals surface area contributed by atoms with E-state index in [2.05, 4.69) is 21.2 Å². The Labute approximate surface area is 123 Å². The number of nitriles is 1. The lowest BCUT2D eigenvalue weighted by Crippen LogP contribution is -1.91. The summed E-state index contributed by atoms with van der Waals surface area (Å²) in [6.07, 6.45) is 0. The lowest BCUT2D eigenvalue weighted by atomic mass is 10.2. The van der Waals surface area contributed by atoms with Crippen molar-refractivity contribution in [2.75, 3.05) is 5.32 Å². The molecule has 0 spiro atoms. The number of hydrogen-bond acceptors (Lipinski definition) is 2. The van der Waals surface area contributed by atoms with Crippen molar-refractivity contribution in [1.29, 1.82) is 5.26 Å². The third-order valence-electron chi connectivity index (χ3n) is 2.30. The summed E-state index contributed by atoms with van der Waals surface area (Å²) in [6.45, 7) is 0. The van der Waals surface area contributed by atoms with E-state index in [9.17, 15) is 0 Å². The Morgan fingerprint density at radius 2 is 1.83 bits per heavy atom. The molecule has 0 amide bonds. The number of nitrogens with one attached hydrogen (secondary N) is 1. The van der Waals surface area contributed by atoms with Crippen LogP contribution in [0.2, 0.25) is 10.0 Å². The Morgan fingerprint density at radius 1 is 1.06 bits per heavy atom. The fraction of sp³-hybridized carbons (Fsp3) is 0. The highest BCUT2D eigenvalue weighted by atomic mass is 79.9. The molecule has 0 saturated carbocycles. The third kappa shape index (κ3) is 2.97. The molecule has 0 aliphatic carbocycles. The Balaban J connectivity index is 2.29. The summed E-state index contributed by atoms with van der Waals surface area (Å²) in [4.78, 5) is 0. The molecule has 0 aliphatic rings. The highest BCUT2D eigenvalue weighted by molar-refractivity contribution is 9.10. The molecule has 1 N–H and O–H groups in total. The second-order valence-electron chi connectivity index (χ2n) is 3.56. The van der Waals surface area contributed by atoms with Crippen LogP contribution in [-0.2, 0) is 0 Å². The van der Waals surface area contributed by atoms with Crippen molar-refractivity contribution in [1.82, 2.24) is 0 Å². The molecular formula is C13H7BrCl2N2. The monoisotopic (exact) mass is 340 g/mol. The van der Waals surface area contributed by atoms with Crippen LogP contribution in [0.5, 0.6) is 0 Å². The van der Waals surface area contributed by atoms with Gasteiger partial charge in [0.05, 0.1) is 27.4 Å². The van der Waals surface area contributed by atoms with Crippen molar-refractivity contribution in [3.8, 4) is 6.07 Å². The fourth-order valence-electron chi connectivity index (χ4n) is 1.42. The van der Waals surface area contributed by atoms with Crippen LogP contribution < -0.4 is 5.32 Å². The summed E-state index contributed by atoms with van der Waals surface area (Å²) in [6, 6.07) is 12.6. The van der Waals surface area contributed by atoms with Crippen LogP contribution in [0.25, 0.3) is 0 Å². The molecule has 0 unspecified atom stereocenters. The Bertz CT molecular complexity index is 635. The van der Waals surface area contributed by atoms with Crippen molar-refractivity contribution >= 4 is 50.5 Å². The van der Waals surface area contributed by atoms with Gasteiger partial charge in [0.2, 0.25) is 0 Å². The van der Waals surface area contributed by atoms with Gasteiger partial charge in [0.15, 0.2) is 0 Å². The van der Waals surface area contributed by atoms with Crippen LogP contribution in [0.3, 0.4) is 0 Å². The van der Waals surface area contributed by atoms with Gasteiger partial charge in [-0.25, -0.2) is 0 Å². The van der Waals surface area contributed by atoms with Crippen molar-refractivity contribution < 1.29 is 0 Å². The highest BCUT2D eigenvalue weighted by Crippen LogP contribution is 2.30. The summed E-state index contributed by atoms with van der Waals surface area (Å²) in [5, 5.41) is 13.1. The minimum Gasteiger partial charge on any atom is -0.354 e. The molecule has 0 bridgehead atoms. The molecular weight excluding hydrogens is 335 g/mol. The zero-order valence-electron chi connectivity index (χ0n) is 9.05. The van der Waals surface area contributed by atoms with Gasteiger partial charge >= 0.3 is 0 Å². The van der Waals surface area contributed by atoms with E-state index in [1.54, 1.807) is 24.3 Å². The molecule has 0 aliphatic heterocycles. The van der Waals surface area contributed by atoms with Gasteiger partial charge in [-0.15, -0.1) is 0 Å². The second kappa shape index (κ2) is 5.62. The van der Waals surface area contributed by atoms with Gasteiger partial charge in [0, 0.05) is 10.2 Å². The lowest BCUT2D eigenvalue weighted by Gasteiger charge is -2.09. The molecule has 0 radical (unpaired) electrons. The number of rotatable bonds is 2. The van der Waals surface area contributed by atoms with E-state index in [0.717, 1.165) is 15.8 Å².